The van der Waals surface area contributed by atoms with Crippen LogP contribution in [0.5, 0.6) is 0 Å². The minimum absolute atomic E-state index is 0.214. The summed E-state index contributed by atoms with van der Waals surface area (Å²) in [4.78, 5) is 36.7. The van der Waals surface area contributed by atoms with Gasteiger partial charge < -0.3 is 20.6 Å². The van der Waals surface area contributed by atoms with Crippen molar-refractivity contribution >= 4 is 17.9 Å². The van der Waals surface area contributed by atoms with Gasteiger partial charge >= 0.3 is 12.0 Å². The Kier molecular flexibility index (Phi) is 5.35. The highest BCUT2D eigenvalue weighted by Crippen LogP contribution is 2.19. The Hall–Kier alpha value is -1.79. The highest BCUT2D eigenvalue weighted by molar-refractivity contribution is 5.90. The molecule has 0 aromatic carbocycles. The van der Waals surface area contributed by atoms with Crippen molar-refractivity contribution in [2.75, 3.05) is 13.6 Å². The molecule has 20 heavy (non-hydrogen) atoms. The number of carboxylic acids is 1. The van der Waals surface area contributed by atoms with Gasteiger partial charge in [-0.15, -0.1) is 0 Å². The lowest BCUT2D eigenvalue weighted by atomic mass is 9.98. The summed E-state index contributed by atoms with van der Waals surface area (Å²) in [5.74, 6) is -1.30. The Morgan fingerprint density at radius 1 is 1.35 bits per heavy atom. The monoisotopic (exact) mass is 285 g/mol. The second kappa shape index (κ2) is 6.58. The van der Waals surface area contributed by atoms with Crippen molar-refractivity contribution in [2.45, 2.75) is 51.1 Å². The van der Waals surface area contributed by atoms with Gasteiger partial charge in [0.2, 0.25) is 5.91 Å². The fraction of sp³-hybridized carbons (Fsp3) is 0.769. The van der Waals surface area contributed by atoms with Gasteiger partial charge in [0.25, 0.3) is 0 Å². The van der Waals surface area contributed by atoms with Crippen molar-refractivity contribution in [2.24, 2.45) is 0 Å². The molecule has 0 spiro atoms. The summed E-state index contributed by atoms with van der Waals surface area (Å²) >= 11 is 0. The van der Waals surface area contributed by atoms with Gasteiger partial charge in [0.15, 0.2) is 0 Å². The highest BCUT2D eigenvalue weighted by Gasteiger charge is 2.38. The SMILES string of the molecule is CCC(C)(NC(=O)N1CCCCC1C(=O)NC)C(=O)O. The van der Waals surface area contributed by atoms with Gasteiger partial charge in [-0.25, -0.2) is 9.59 Å². The van der Waals surface area contributed by atoms with E-state index >= 15 is 0 Å². The van der Waals surface area contributed by atoms with Gasteiger partial charge in [0, 0.05) is 13.6 Å². The molecule has 1 aliphatic heterocycles. The van der Waals surface area contributed by atoms with Crippen LogP contribution in [0.2, 0.25) is 0 Å². The Morgan fingerprint density at radius 3 is 2.50 bits per heavy atom. The molecule has 7 heteroatoms. The summed E-state index contributed by atoms with van der Waals surface area (Å²) < 4.78 is 0. The quantitative estimate of drug-likeness (QED) is 0.702. The second-order valence-corrected chi connectivity index (χ2v) is 5.24. The number of likely N-dealkylation sites (N-methyl/N-ethyl adjacent to an activating group) is 1. The van der Waals surface area contributed by atoms with E-state index in [1.165, 1.54) is 18.9 Å². The van der Waals surface area contributed by atoms with Crippen LogP contribution in [0.1, 0.15) is 39.5 Å². The molecule has 7 nitrogen and oxygen atoms in total. The Bertz CT molecular complexity index is 399. The molecule has 3 N–H and O–H groups in total. The van der Waals surface area contributed by atoms with E-state index in [0.29, 0.717) is 13.0 Å². The number of hydrogen-bond donors (Lipinski definition) is 3. The smallest absolute Gasteiger partial charge is 0.329 e. The Labute approximate surface area is 118 Å². The maximum atomic E-state index is 12.3. The molecule has 1 aliphatic rings. The van der Waals surface area contributed by atoms with E-state index in [1.807, 2.05) is 0 Å². The highest BCUT2D eigenvalue weighted by atomic mass is 16.4. The van der Waals surface area contributed by atoms with Crippen molar-refractivity contribution in [1.82, 2.24) is 15.5 Å². The molecule has 0 bridgehead atoms. The first-order valence-corrected chi connectivity index (χ1v) is 6.89. The van der Waals surface area contributed by atoms with E-state index in [0.717, 1.165) is 12.8 Å². The zero-order valence-electron chi connectivity index (χ0n) is 12.2. The number of amides is 3. The molecular formula is C13H23N3O4. The van der Waals surface area contributed by atoms with Crippen molar-refractivity contribution in [1.29, 1.82) is 0 Å². The van der Waals surface area contributed by atoms with Crippen LogP contribution in [0.25, 0.3) is 0 Å². The zero-order chi connectivity index (χ0) is 15.3. The standard InChI is InChI=1S/C13H23N3O4/c1-4-13(2,11(18)19)15-12(20)16-8-6-5-7-9(16)10(17)14-3/h9H,4-8H2,1-3H3,(H,14,17)(H,15,20)(H,18,19). The van der Waals surface area contributed by atoms with Crippen LogP contribution in [0.3, 0.4) is 0 Å². The maximum absolute atomic E-state index is 12.3. The minimum atomic E-state index is -1.32. The van der Waals surface area contributed by atoms with Crippen LogP contribution in [-0.4, -0.2) is 53.1 Å². The van der Waals surface area contributed by atoms with Gasteiger partial charge in [-0.3, -0.25) is 4.79 Å². The van der Waals surface area contributed by atoms with E-state index in [-0.39, 0.29) is 12.3 Å². The van der Waals surface area contributed by atoms with E-state index in [1.54, 1.807) is 6.92 Å². The molecule has 1 saturated heterocycles. The van der Waals surface area contributed by atoms with Crippen molar-refractivity contribution in [3.05, 3.63) is 0 Å². The second-order valence-electron chi connectivity index (χ2n) is 5.24. The normalized spacial score (nSPS) is 21.8. The van der Waals surface area contributed by atoms with E-state index in [9.17, 15) is 19.5 Å². The molecule has 1 rings (SSSR count). The first kappa shape index (κ1) is 16.3. The predicted molar refractivity (Wildman–Crippen MR) is 73.3 cm³/mol. The van der Waals surface area contributed by atoms with Crippen molar-refractivity contribution < 1.29 is 19.5 Å². The number of aliphatic carboxylic acids is 1. The van der Waals surface area contributed by atoms with Crippen molar-refractivity contribution in [3.8, 4) is 0 Å². The fourth-order valence-electron chi connectivity index (χ4n) is 2.21. The lowest BCUT2D eigenvalue weighted by molar-refractivity contribution is -0.143. The predicted octanol–water partition coefficient (Wildman–Crippen LogP) is 0.550. The van der Waals surface area contributed by atoms with Crippen molar-refractivity contribution in [3.63, 3.8) is 0 Å². The molecule has 0 radical (unpaired) electrons. The molecule has 2 unspecified atom stereocenters. The number of carbonyl (C=O) groups excluding carboxylic acids is 2. The summed E-state index contributed by atoms with van der Waals surface area (Å²) in [5.41, 5.74) is -1.32. The molecule has 0 aromatic rings. The lowest BCUT2D eigenvalue weighted by Gasteiger charge is -2.36. The van der Waals surface area contributed by atoms with Crippen LogP contribution in [-0.2, 0) is 9.59 Å². The molecule has 114 valence electrons. The van der Waals surface area contributed by atoms with Crippen LogP contribution in [0.15, 0.2) is 0 Å². The molecular weight excluding hydrogens is 262 g/mol. The molecule has 1 heterocycles. The van der Waals surface area contributed by atoms with E-state index in [4.69, 9.17) is 0 Å². The lowest BCUT2D eigenvalue weighted by Crippen LogP contribution is -2.60. The third kappa shape index (κ3) is 3.40. The van der Waals surface area contributed by atoms with Gasteiger partial charge in [-0.1, -0.05) is 6.92 Å². The number of nitrogens with one attached hydrogen (secondary N) is 2. The number of carbonyl (C=O) groups is 3. The zero-order valence-corrected chi connectivity index (χ0v) is 12.2. The van der Waals surface area contributed by atoms with Crippen LogP contribution < -0.4 is 10.6 Å². The number of piperidine rings is 1. The fourth-order valence-corrected chi connectivity index (χ4v) is 2.21. The number of carboxylic acid groups (broad SMARTS) is 1. The van der Waals surface area contributed by atoms with Crippen LogP contribution in [0.4, 0.5) is 4.79 Å². The number of hydrogen-bond acceptors (Lipinski definition) is 3. The van der Waals surface area contributed by atoms with Gasteiger partial charge in [0.05, 0.1) is 0 Å². The third-order valence-corrected chi connectivity index (χ3v) is 3.87. The van der Waals surface area contributed by atoms with Gasteiger partial charge in [-0.2, -0.15) is 0 Å². The molecule has 0 saturated carbocycles. The average molecular weight is 285 g/mol. The summed E-state index contributed by atoms with van der Waals surface area (Å²) in [5, 5.41) is 14.3. The number of likely N-dealkylation sites (tertiary alicyclic amines) is 1. The summed E-state index contributed by atoms with van der Waals surface area (Å²) in [6.45, 7) is 3.62. The number of rotatable bonds is 4. The summed E-state index contributed by atoms with van der Waals surface area (Å²) in [6.07, 6.45) is 2.57. The minimum Gasteiger partial charge on any atom is -0.480 e. The summed E-state index contributed by atoms with van der Waals surface area (Å²) in [7, 11) is 1.53. The molecule has 2 atom stereocenters. The molecule has 3 amide bonds. The number of nitrogens with zero attached hydrogens (tertiary/aromatic N) is 1. The van der Waals surface area contributed by atoms with Crippen LogP contribution >= 0.6 is 0 Å². The average Bonchev–Trinajstić information content (AvgIpc) is 2.45. The van der Waals surface area contributed by atoms with E-state index < -0.39 is 23.6 Å². The number of urea groups is 1. The first-order chi connectivity index (χ1) is 9.35. The van der Waals surface area contributed by atoms with Gasteiger partial charge in [-0.05, 0) is 32.6 Å². The third-order valence-electron chi connectivity index (χ3n) is 3.87. The topological polar surface area (TPSA) is 98.7 Å². The molecule has 0 aromatic heterocycles. The van der Waals surface area contributed by atoms with Crippen LogP contribution in [0, 0.1) is 0 Å². The molecule has 1 fully saturated rings. The van der Waals surface area contributed by atoms with Gasteiger partial charge in [0.1, 0.15) is 11.6 Å². The molecule has 0 aliphatic carbocycles. The Balaban J connectivity index is 2.83. The largest absolute Gasteiger partial charge is 0.480 e. The maximum Gasteiger partial charge on any atom is 0.329 e. The summed E-state index contributed by atoms with van der Waals surface area (Å²) in [6, 6.07) is -1.02. The van der Waals surface area contributed by atoms with E-state index in [2.05, 4.69) is 10.6 Å². The Morgan fingerprint density at radius 2 is 2.00 bits per heavy atom. The first-order valence-electron chi connectivity index (χ1n) is 6.89.